The summed E-state index contributed by atoms with van der Waals surface area (Å²) < 4.78 is 73.1. The van der Waals surface area contributed by atoms with Crippen LogP contribution in [0.4, 0.5) is 18.0 Å². The first-order valence-corrected chi connectivity index (χ1v) is 10.7. The van der Waals surface area contributed by atoms with E-state index in [0.717, 1.165) is 10.4 Å². The van der Waals surface area contributed by atoms with Crippen molar-refractivity contribution in [1.29, 1.82) is 0 Å². The molecule has 0 saturated carbocycles. The molecule has 1 aliphatic rings. The van der Waals surface area contributed by atoms with Gasteiger partial charge in [-0.15, -0.1) is 0 Å². The zero-order valence-electron chi connectivity index (χ0n) is 16.7. The highest BCUT2D eigenvalue weighted by molar-refractivity contribution is 7.89. The average Bonchev–Trinajstić information content (AvgIpc) is 3.07. The fraction of sp³-hybridized carbons (Fsp3) is 0.474. The number of ether oxygens (including phenoxy) is 1. The Kier molecular flexibility index (Phi) is 5.72. The molecule has 0 aliphatic carbocycles. The number of nitrogens with zero attached hydrogens (tertiary/aromatic N) is 2. The largest absolute Gasteiger partial charge is 0.444 e. The van der Waals surface area contributed by atoms with E-state index in [1.807, 2.05) is 0 Å². The number of pyridine rings is 1. The summed E-state index contributed by atoms with van der Waals surface area (Å²) in [5.41, 5.74) is -1.82. The van der Waals surface area contributed by atoms with Gasteiger partial charge in [0.15, 0.2) is 0 Å². The van der Waals surface area contributed by atoms with Crippen LogP contribution in [0.25, 0.3) is 10.8 Å². The molecule has 164 valence electrons. The molecule has 11 heteroatoms. The Morgan fingerprint density at radius 2 is 1.93 bits per heavy atom. The molecule has 2 aromatic rings. The SMILES string of the molecule is CC(C)(C)OC(=O)NC1CCN(S(=O)(=O)c2cccc3cncc(C(F)(F)F)c23)C1. The van der Waals surface area contributed by atoms with Gasteiger partial charge in [0.1, 0.15) is 5.60 Å². The van der Waals surface area contributed by atoms with E-state index in [0.29, 0.717) is 12.6 Å². The first-order valence-electron chi connectivity index (χ1n) is 9.22. The summed E-state index contributed by atoms with van der Waals surface area (Å²) in [5, 5.41) is 2.27. The number of amides is 1. The maximum Gasteiger partial charge on any atom is 0.418 e. The lowest BCUT2D eigenvalue weighted by Gasteiger charge is -2.22. The number of carbonyl (C=O) groups is 1. The van der Waals surface area contributed by atoms with Gasteiger partial charge in [-0.2, -0.15) is 17.5 Å². The summed E-state index contributed by atoms with van der Waals surface area (Å²) in [5.74, 6) is 0. The predicted octanol–water partition coefficient (Wildman–Crippen LogP) is 3.54. The zero-order valence-corrected chi connectivity index (χ0v) is 17.5. The number of carbonyl (C=O) groups excluding carboxylic acids is 1. The van der Waals surface area contributed by atoms with E-state index in [4.69, 9.17) is 4.74 Å². The van der Waals surface area contributed by atoms with Crippen LogP contribution in [0.5, 0.6) is 0 Å². The van der Waals surface area contributed by atoms with Crippen molar-refractivity contribution in [3.63, 3.8) is 0 Å². The number of rotatable bonds is 3. The number of alkyl carbamates (subject to hydrolysis) is 1. The molecule has 1 saturated heterocycles. The van der Waals surface area contributed by atoms with Gasteiger partial charge in [-0.1, -0.05) is 12.1 Å². The Bertz CT molecular complexity index is 1060. The molecule has 0 radical (unpaired) electrons. The van der Waals surface area contributed by atoms with E-state index in [9.17, 15) is 26.4 Å². The van der Waals surface area contributed by atoms with Gasteiger partial charge in [-0.05, 0) is 33.3 Å². The molecule has 1 amide bonds. The molecule has 30 heavy (non-hydrogen) atoms. The van der Waals surface area contributed by atoms with E-state index in [1.54, 1.807) is 20.8 Å². The maximum atomic E-state index is 13.5. The molecule has 2 heterocycles. The summed E-state index contributed by atoms with van der Waals surface area (Å²) >= 11 is 0. The van der Waals surface area contributed by atoms with Gasteiger partial charge < -0.3 is 10.1 Å². The number of fused-ring (bicyclic) bond motifs is 1. The van der Waals surface area contributed by atoms with Crippen molar-refractivity contribution in [2.45, 2.75) is 49.9 Å². The third-order valence-corrected chi connectivity index (χ3v) is 6.45. The third-order valence-electron chi connectivity index (χ3n) is 4.54. The fourth-order valence-corrected chi connectivity index (χ4v) is 5.04. The third kappa shape index (κ3) is 4.67. The van der Waals surface area contributed by atoms with Gasteiger partial charge in [0.25, 0.3) is 0 Å². The Balaban J connectivity index is 1.90. The van der Waals surface area contributed by atoms with E-state index in [1.165, 1.54) is 18.3 Å². The first-order chi connectivity index (χ1) is 13.8. The van der Waals surface area contributed by atoms with Crippen molar-refractivity contribution in [3.05, 3.63) is 36.2 Å². The van der Waals surface area contributed by atoms with Crippen LogP contribution in [0.2, 0.25) is 0 Å². The molecule has 1 aliphatic heterocycles. The van der Waals surface area contributed by atoms with Crippen molar-refractivity contribution in [2.75, 3.05) is 13.1 Å². The van der Waals surface area contributed by atoms with Crippen molar-refractivity contribution in [2.24, 2.45) is 0 Å². The maximum absolute atomic E-state index is 13.5. The Labute approximate surface area is 172 Å². The highest BCUT2D eigenvalue weighted by atomic mass is 32.2. The summed E-state index contributed by atoms with van der Waals surface area (Å²) in [4.78, 5) is 15.1. The molecule has 0 spiro atoms. The van der Waals surface area contributed by atoms with Crippen LogP contribution in [0.1, 0.15) is 32.8 Å². The summed E-state index contributed by atoms with van der Waals surface area (Å²) in [6, 6.07) is 3.41. The lowest BCUT2D eigenvalue weighted by Crippen LogP contribution is -2.41. The number of halogens is 3. The number of hydrogen-bond donors (Lipinski definition) is 1. The summed E-state index contributed by atoms with van der Waals surface area (Å²) in [6.45, 7) is 5.10. The predicted molar refractivity (Wildman–Crippen MR) is 103 cm³/mol. The molecule has 7 nitrogen and oxygen atoms in total. The molecule has 1 atom stereocenters. The highest BCUT2D eigenvalue weighted by Gasteiger charge is 2.39. The van der Waals surface area contributed by atoms with Crippen LogP contribution >= 0.6 is 0 Å². The van der Waals surface area contributed by atoms with E-state index < -0.39 is 49.8 Å². The van der Waals surface area contributed by atoms with Gasteiger partial charge in [0, 0.05) is 42.3 Å². The van der Waals surface area contributed by atoms with Crippen molar-refractivity contribution < 1.29 is 31.1 Å². The standard InChI is InChI=1S/C19H22F3N3O4S/c1-18(2,3)29-17(26)24-13-7-8-25(11-13)30(27,28)15-6-4-5-12-9-23-10-14(16(12)15)19(20,21)22/h4-6,9-10,13H,7-8,11H2,1-3H3,(H,24,26). The molecular formula is C19H22F3N3O4S. The minimum Gasteiger partial charge on any atom is -0.444 e. The van der Waals surface area contributed by atoms with Crippen molar-refractivity contribution >= 4 is 26.9 Å². The molecule has 1 aromatic heterocycles. The normalized spacial score (nSPS) is 18.5. The Morgan fingerprint density at radius 1 is 1.23 bits per heavy atom. The topological polar surface area (TPSA) is 88.6 Å². The van der Waals surface area contributed by atoms with Crippen LogP contribution in [-0.2, 0) is 20.9 Å². The Morgan fingerprint density at radius 3 is 2.57 bits per heavy atom. The van der Waals surface area contributed by atoms with Gasteiger partial charge in [0.2, 0.25) is 10.0 Å². The average molecular weight is 445 g/mol. The fourth-order valence-electron chi connectivity index (χ4n) is 3.31. The second kappa shape index (κ2) is 7.69. The summed E-state index contributed by atoms with van der Waals surface area (Å²) in [7, 11) is -4.24. The quantitative estimate of drug-likeness (QED) is 0.781. The number of aromatic nitrogens is 1. The molecule has 0 bridgehead atoms. The molecular weight excluding hydrogens is 423 g/mol. The van der Waals surface area contributed by atoms with Crippen LogP contribution in [-0.4, -0.2) is 48.5 Å². The van der Waals surface area contributed by atoms with Crippen LogP contribution in [0.15, 0.2) is 35.5 Å². The number of hydrogen-bond acceptors (Lipinski definition) is 5. The lowest BCUT2D eigenvalue weighted by atomic mass is 10.1. The van der Waals surface area contributed by atoms with Gasteiger partial charge >= 0.3 is 12.3 Å². The second-order valence-electron chi connectivity index (χ2n) is 8.03. The second-order valence-corrected chi connectivity index (χ2v) is 9.94. The molecule has 1 aromatic carbocycles. The molecule has 1 fully saturated rings. The monoisotopic (exact) mass is 445 g/mol. The molecule has 1 unspecified atom stereocenters. The van der Waals surface area contributed by atoms with Gasteiger partial charge in [-0.25, -0.2) is 13.2 Å². The Hall–Kier alpha value is -2.40. The van der Waals surface area contributed by atoms with Crippen LogP contribution in [0, 0.1) is 0 Å². The number of nitrogens with one attached hydrogen (secondary N) is 1. The van der Waals surface area contributed by atoms with Crippen molar-refractivity contribution in [1.82, 2.24) is 14.6 Å². The minimum atomic E-state index is -4.76. The molecule has 1 N–H and O–H groups in total. The van der Waals surface area contributed by atoms with E-state index in [-0.39, 0.29) is 18.5 Å². The van der Waals surface area contributed by atoms with Crippen LogP contribution < -0.4 is 5.32 Å². The first kappa shape index (κ1) is 22.3. The number of sulfonamides is 1. The van der Waals surface area contributed by atoms with Crippen molar-refractivity contribution in [3.8, 4) is 0 Å². The van der Waals surface area contributed by atoms with Gasteiger partial charge in [0.05, 0.1) is 10.5 Å². The zero-order chi connectivity index (χ0) is 22.3. The van der Waals surface area contributed by atoms with E-state index >= 15 is 0 Å². The number of alkyl halides is 3. The minimum absolute atomic E-state index is 0.0611. The smallest absolute Gasteiger partial charge is 0.418 e. The molecule has 3 rings (SSSR count). The van der Waals surface area contributed by atoms with Crippen LogP contribution in [0.3, 0.4) is 0 Å². The van der Waals surface area contributed by atoms with Gasteiger partial charge in [-0.3, -0.25) is 4.98 Å². The highest BCUT2D eigenvalue weighted by Crippen LogP contribution is 2.38. The number of benzene rings is 1. The van der Waals surface area contributed by atoms with E-state index in [2.05, 4.69) is 10.3 Å². The summed E-state index contributed by atoms with van der Waals surface area (Å²) in [6.07, 6.45) is -3.30. The lowest BCUT2D eigenvalue weighted by molar-refractivity contribution is -0.136.